The Labute approximate surface area is 171 Å². The lowest BCUT2D eigenvalue weighted by molar-refractivity contribution is 0.0356. The molecular formula is C20H26ClN3O2S. The van der Waals surface area contributed by atoms with Gasteiger partial charge in [0.25, 0.3) is 0 Å². The molecule has 2 heterocycles. The predicted octanol–water partition coefficient (Wildman–Crippen LogP) is 4.08. The van der Waals surface area contributed by atoms with Gasteiger partial charge in [-0.3, -0.25) is 4.90 Å². The first-order chi connectivity index (χ1) is 13.0. The Bertz CT molecular complexity index is 774. The Morgan fingerprint density at radius 1 is 1.22 bits per heavy atom. The molecule has 0 atom stereocenters. The number of nitrogens with zero attached hydrogens (tertiary/aromatic N) is 2. The van der Waals surface area contributed by atoms with E-state index in [1.54, 1.807) is 0 Å². The summed E-state index contributed by atoms with van der Waals surface area (Å²) in [7, 11) is 0. The number of benzene rings is 1. The van der Waals surface area contributed by atoms with Crippen molar-refractivity contribution in [2.75, 3.05) is 44.7 Å². The van der Waals surface area contributed by atoms with E-state index in [1.807, 2.05) is 44.2 Å². The third kappa shape index (κ3) is 5.94. The Kier molecular flexibility index (Phi) is 7.13. The fourth-order valence-corrected chi connectivity index (χ4v) is 3.42. The minimum absolute atomic E-state index is 0.629. The third-order valence-electron chi connectivity index (χ3n) is 4.64. The molecule has 146 valence electrons. The quantitative estimate of drug-likeness (QED) is 0.727. The van der Waals surface area contributed by atoms with Crippen LogP contribution in [0, 0.1) is 13.8 Å². The zero-order valence-corrected chi connectivity index (χ0v) is 17.4. The van der Waals surface area contributed by atoms with Gasteiger partial charge in [-0.05, 0) is 55.9 Å². The second kappa shape index (κ2) is 9.55. The van der Waals surface area contributed by atoms with E-state index in [0.29, 0.717) is 11.7 Å². The maximum Gasteiger partial charge on any atom is 0.173 e. The van der Waals surface area contributed by atoms with Gasteiger partial charge in [-0.15, -0.1) is 0 Å². The van der Waals surface area contributed by atoms with Crippen LogP contribution in [0.3, 0.4) is 0 Å². The van der Waals surface area contributed by atoms with Gasteiger partial charge in [0.2, 0.25) is 0 Å². The predicted molar refractivity (Wildman–Crippen MR) is 114 cm³/mol. The van der Waals surface area contributed by atoms with Crippen molar-refractivity contribution in [2.45, 2.75) is 20.4 Å². The molecule has 0 unspecified atom stereocenters. The van der Waals surface area contributed by atoms with Gasteiger partial charge in [-0.1, -0.05) is 17.7 Å². The van der Waals surface area contributed by atoms with E-state index in [-0.39, 0.29) is 0 Å². The highest BCUT2D eigenvalue weighted by Crippen LogP contribution is 2.21. The van der Waals surface area contributed by atoms with Crippen molar-refractivity contribution >= 4 is 34.6 Å². The Morgan fingerprint density at radius 3 is 2.67 bits per heavy atom. The third-order valence-corrected chi connectivity index (χ3v) is 5.41. The molecule has 2 aromatic rings. The normalized spacial score (nSPS) is 14.9. The highest BCUT2D eigenvalue weighted by molar-refractivity contribution is 7.80. The number of rotatable bonds is 6. The van der Waals surface area contributed by atoms with E-state index in [9.17, 15) is 0 Å². The Morgan fingerprint density at radius 2 is 2.00 bits per heavy atom. The summed E-state index contributed by atoms with van der Waals surface area (Å²) in [6, 6.07) is 9.86. The highest BCUT2D eigenvalue weighted by atomic mass is 35.5. The number of nitrogens with one attached hydrogen (secondary N) is 1. The molecule has 0 bridgehead atoms. The molecule has 1 N–H and O–H groups in total. The summed E-state index contributed by atoms with van der Waals surface area (Å²) >= 11 is 11.9. The lowest BCUT2D eigenvalue weighted by Crippen LogP contribution is -2.43. The molecule has 1 saturated heterocycles. The smallest absolute Gasteiger partial charge is 0.173 e. The second-order valence-electron chi connectivity index (χ2n) is 6.78. The first-order valence-electron chi connectivity index (χ1n) is 9.19. The van der Waals surface area contributed by atoms with Crippen LogP contribution in [0.25, 0.3) is 0 Å². The first kappa shape index (κ1) is 20.1. The zero-order chi connectivity index (χ0) is 19.2. The van der Waals surface area contributed by atoms with Crippen molar-refractivity contribution in [3.63, 3.8) is 0 Å². The number of anilines is 1. The number of hydrogen-bond donors (Lipinski definition) is 1. The molecule has 7 heteroatoms. The molecule has 1 aliphatic rings. The number of halogens is 1. The topological polar surface area (TPSA) is 40.9 Å². The van der Waals surface area contributed by atoms with Crippen LogP contribution in [0.4, 0.5) is 5.69 Å². The number of hydrogen-bond acceptors (Lipinski definition) is 4. The van der Waals surface area contributed by atoms with E-state index in [0.717, 1.165) is 67.2 Å². The van der Waals surface area contributed by atoms with E-state index in [2.05, 4.69) is 15.1 Å². The molecule has 0 radical (unpaired) electrons. The van der Waals surface area contributed by atoms with E-state index in [1.165, 1.54) is 0 Å². The molecule has 0 aliphatic carbocycles. The summed E-state index contributed by atoms with van der Waals surface area (Å²) in [6.07, 6.45) is 0. The molecule has 1 aromatic heterocycles. The van der Waals surface area contributed by atoms with Crippen molar-refractivity contribution in [1.82, 2.24) is 9.80 Å². The summed E-state index contributed by atoms with van der Waals surface area (Å²) in [4.78, 5) is 4.53. The fourth-order valence-electron chi connectivity index (χ4n) is 2.97. The largest absolute Gasteiger partial charge is 0.464 e. The van der Waals surface area contributed by atoms with Crippen LogP contribution in [0.2, 0.25) is 5.02 Å². The molecule has 1 fully saturated rings. The van der Waals surface area contributed by atoms with Crippen LogP contribution in [0.15, 0.2) is 34.7 Å². The summed E-state index contributed by atoms with van der Waals surface area (Å²) in [5.74, 6) is 1.81. The van der Waals surface area contributed by atoms with Crippen LogP contribution in [-0.2, 0) is 11.3 Å². The summed E-state index contributed by atoms with van der Waals surface area (Å²) in [6.45, 7) is 9.81. The second-order valence-corrected chi connectivity index (χ2v) is 7.58. The van der Waals surface area contributed by atoms with Gasteiger partial charge in [0.15, 0.2) is 5.11 Å². The molecule has 0 amide bonds. The van der Waals surface area contributed by atoms with Gasteiger partial charge in [0, 0.05) is 36.9 Å². The minimum atomic E-state index is 0.629. The SMILES string of the molecule is Cc1ccc(CN(CCN2CCOCC2)C(=S)Nc2ccc(C)c(Cl)c2)o1. The highest BCUT2D eigenvalue weighted by Gasteiger charge is 2.16. The van der Waals surface area contributed by atoms with E-state index < -0.39 is 0 Å². The van der Waals surface area contributed by atoms with Crippen LogP contribution >= 0.6 is 23.8 Å². The minimum Gasteiger partial charge on any atom is -0.464 e. The van der Waals surface area contributed by atoms with Crippen molar-refractivity contribution < 1.29 is 9.15 Å². The van der Waals surface area contributed by atoms with Gasteiger partial charge in [-0.2, -0.15) is 0 Å². The number of furan rings is 1. The fraction of sp³-hybridized carbons (Fsp3) is 0.450. The van der Waals surface area contributed by atoms with Crippen molar-refractivity contribution in [1.29, 1.82) is 0 Å². The Hall–Kier alpha value is -1.60. The molecule has 0 spiro atoms. The van der Waals surface area contributed by atoms with Crippen molar-refractivity contribution in [3.8, 4) is 0 Å². The van der Waals surface area contributed by atoms with Crippen LogP contribution < -0.4 is 5.32 Å². The molecule has 5 nitrogen and oxygen atoms in total. The average Bonchev–Trinajstić information content (AvgIpc) is 3.07. The Balaban J connectivity index is 1.66. The van der Waals surface area contributed by atoms with E-state index >= 15 is 0 Å². The molecule has 1 aliphatic heterocycles. The molecular weight excluding hydrogens is 382 g/mol. The average molecular weight is 408 g/mol. The zero-order valence-electron chi connectivity index (χ0n) is 15.8. The monoisotopic (exact) mass is 407 g/mol. The van der Waals surface area contributed by atoms with Gasteiger partial charge in [-0.25, -0.2) is 0 Å². The maximum atomic E-state index is 6.24. The molecule has 0 saturated carbocycles. The van der Waals surface area contributed by atoms with Crippen molar-refractivity contribution in [3.05, 3.63) is 52.4 Å². The van der Waals surface area contributed by atoms with Gasteiger partial charge < -0.3 is 19.4 Å². The molecule has 27 heavy (non-hydrogen) atoms. The first-order valence-corrected chi connectivity index (χ1v) is 9.97. The standard InChI is InChI=1S/C20H26ClN3O2S/c1-15-3-5-17(13-19(15)21)22-20(27)24(14-18-6-4-16(2)26-18)8-7-23-9-11-25-12-10-23/h3-6,13H,7-12,14H2,1-2H3,(H,22,27). The number of thiocarbonyl (C=S) groups is 1. The summed E-state index contributed by atoms with van der Waals surface area (Å²) in [5.41, 5.74) is 1.94. The van der Waals surface area contributed by atoms with Gasteiger partial charge in [0.05, 0.1) is 19.8 Å². The molecule has 1 aromatic carbocycles. The van der Waals surface area contributed by atoms with E-state index in [4.69, 9.17) is 33.0 Å². The molecule has 3 rings (SSSR count). The number of ether oxygens (including phenoxy) is 1. The maximum absolute atomic E-state index is 6.24. The van der Waals surface area contributed by atoms with Gasteiger partial charge in [0.1, 0.15) is 11.5 Å². The lowest BCUT2D eigenvalue weighted by atomic mass is 10.2. The van der Waals surface area contributed by atoms with Crippen molar-refractivity contribution in [2.24, 2.45) is 0 Å². The summed E-state index contributed by atoms with van der Waals surface area (Å²) < 4.78 is 11.2. The van der Waals surface area contributed by atoms with Crippen LogP contribution in [0.1, 0.15) is 17.1 Å². The number of morpholine rings is 1. The summed E-state index contributed by atoms with van der Waals surface area (Å²) in [5, 5.41) is 4.70. The lowest BCUT2D eigenvalue weighted by Gasteiger charge is -2.31. The van der Waals surface area contributed by atoms with Crippen LogP contribution in [0.5, 0.6) is 0 Å². The van der Waals surface area contributed by atoms with Gasteiger partial charge >= 0.3 is 0 Å². The van der Waals surface area contributed by atoms with Crippen LogP contribution in [-0.4, -0.2) is 54.3 Å². The number of aryl methyl sites for hydroxylation is 2.